The van der Waals surface area contributed by atoms with Crippen LogP contribution in [0, 0.1) is 6.42 Å². The number of allylic oxidation sites excluding steroid dienone is 1. The Hall–Kier alpha value is -0.916. The molecular formula is C13H17OV-. The van der Waals surface area contributed by atoms with E-state index in [-0.39, 0.29) is 24.3 Å². The summed E-state index contributed by atoms with van der Waals surface area (Å²) in [5, 5.41) is 0. The van der Waals surface area contributed by atoms with Gasteiger partial charge >= 0.3 is 0 Å². The van der Waals surface area contributed by atoms with Crippen molar-refractivity contribution in [2.24, 2.45) is 0 Å². The summed E-state index contributed by atoms with van der Waals surface area (Å²) < 4.78 is 0. The zero-order chi connectivity index (χ0) is 10.8. The van der Waals surface area contributed by atoms with Crippen LogP contribution in [0.2, 0.25) is 0 Å². The molecule has 1 aromatic rings. The molecule has 0 saturated heterocycles. The molecule has 0 spiro atoms. The van der Waals surface area contributed by atoms with Crippen LogP contribution in [-0.4, -0.2) is 5.78 Å². The van der Waals surface area contributed by atoms with E-state index < -0.39 is 0 Å². The van der Waals surface area contributed by atoms with E-state index >= 15 is 0 Å². The minimum atomic E-state index is 0. The summed E-state index contributed by atoms with van der Waals surface area (Å²) in [6, 6.07) is 9.75. The predicted molar refractivity (Wildman–Crippen MR) is 61.8 cm³/mol. The standard InChI is InChI=1S/C11H11O.C2H6.V/c1-2-11(12)9-8-10-6-4-3-5-7-10;1-2;/h2-9H,1H3;1-2H3;/q-1;;/b9-8+;;. The van der Waals surface area contributed by atoms with E-state index in [1.807, 2.05) is 50.3 Å². The normalized spacial score (nSPS) is 8.47. The van der Waals surface area contributed by atoms with Crippen LogP contribution < -0.4 is 0 Å². The molecule has 0 aliphatic carbocycles. The number of ketones is 1. The Kier molecular flexibility index (Phi) is 12.3. The summed E-state index contributed by atoms with van der Waals surface area (Å²) in [5.74, 6) is 0.0406. The maximum absolute atomic E-state index is 10.8. The van der Waals surface area contributed by atoms with E-state index in [0.29, 0.717) is 0 Å². The maximum atomic E-state index is 10.8. The Balaban J connectivity index is 0. The Morgan fingerprint density at radius 1 is 1.20 bits per heavy atom. The van der Waals surface area contributed by atoms with Crippen LogP contribution in [0.1, 0.15) is 26.3 Å². The summed E-state index contributed by atoms with van der Waals surface area (Å²) in [4.78, 5) is 10.8. The van der Waals surface area contributed by atoms with Crippen molar-refractivity contribution >= 4 is 11.9 Å². The van der Waals surface area contributed by atoms with Gasteiger partial charge in [0, 0.05) is 24.3 Å². The summed E-state index contributed by atoms with van der Waals surface area (Å²) in [6.45, 7) is 5.73. The third-order valence-corrected chi connectivity index (χ3v) is 1.52. The maximum Gasteiger partial charge on any atom is 0.0175 e. The minimum absolute atomic E-state index is 0. The van der Waals surface area contributed by atoms with Gasteiger partial charge in [-0.2, -0.15) is 12.5 Å². The van der Waals surface area contributed by atoms with Gasteiger partial charge in [0.05, 0.1) is 0 Å². The predicted octanol–water partition coefficient (Wildman–Crippen LogP) is 3.52. The summed E-state index contributed by atoms with van der Waals surface area (Å²) in [5.41, 5.74) is 1.05. The third-order valence-electron chi connectivity index (χ3n) is 1.52. The smallest absolute Gasteiger partial charge is 0.0175 e. The monoisotopic (exact) mass is 240 g/mol. The van der Waals surface area contributed by atoms with Crippen LogP contribution in [0.5, 0.6) is 0 Å². The first-order valence-corrected chi connectivity index (χ1v) is 4.89. The first-order valence-electron chi connectivity index (χ1n) is 4.89. The van der Waals surface area contributed by atoms with Gasteiger partial charge < -0.3 is 4.79 Å². The zero-order valence-electron chi connectivity index (χ0n) is 9.47. The van der Waals surface area contributed by atoms with Gasteiger partial charge in [0.25, 0.3) is 0 Å². The molecule has 0 aromatic heterocycles. The van der Waals surface area contributed by atoms with Crippen LogP contribution >= 0.6 is 0 Å². The number of hydrogen-bond acceptors (Lipinski definition) is 1. The van der Waals surface area contributed by atoms with Crippen molar-refractivity contribution in [3.8, 4) is 0 Å². The second kappa shape index (κ2) is 11.2. The number of benzene rings is 1. The Morgan fingerprint density at radius 3 is 2.20 bits per heavy atom. The molecule has 0 unspecified atom stereocenters. The van der Waals surface area contributed by atoms with Crippen molar-refractivity contribution in [3.63, 3.8) is 0 Å². The van der Waals surface area contributed by atoms with Crippen LogP contribution in [0.3, 0.4) is 0 Å². The second-order valence-electron chi connectivity index (χ2n) is 2.44. The first-order chi connectivity index (χ1) is 6.83. The molecule has 0 amide bonds. The molecule has 0 heterocycles. The molecule has 0 bridgehead atoms. The van der Waals surface area contributed by atoms with Gasteiger partial charge in [-0.1, -0.05) is 44.2 Å². The number of hydrogen-bond donors (Lipinski definition) is 0. The molecule has 1 rings (SSSR count). The minimum Gasteiger partial charge on any atom is -0.332 e. The Morgan fingerprint density at radius 2 is 1.73 bits per heavy atom. The van der Waals surface area contributed by atoms with E-state index in [2.05, 4.69) is 0 Å². The molecule has 2 heteroatoms. The van der Waals surface area contributed by atoms with Gasteiger partial charge in [0.15, 0.2) is 0 Å². The van der Waals surface area contributed by atoms with Gasteiger partial charge in [0.1, 0.15) is 0 Å². The molecule has 1 radical (unpaired) electrons. The van der Waals surface area contributed by atoms with Crippen molar-refractivity contribution in [2.45, 2.75) is 20.8 Å². The summed E-state index contributed by atoms with van der Waals surface area (Å²) >= 11 is 0. The van der Waals surface area contributed by atoms with Gasteiger partial charge in [-0.05, 0) is 5.56 Å². The summed E-state index contributed by atoms with van der Waals surface area (Å²) in [7, 11) is 0. The second-order valence-corrected chi connectivity index (χ2v) is 2.44. The molecule has 0 aliphatic heterocycles. The van der Waals surface area contributed by atoms with Crippen molar-refractivity contribution in [1.29, 1.82) is 0 Å². The molecule has 15 heavy (non-hydrogen) atoms. The Labute approximate surface area is 104 Å². The average molecular weight is 240 g/mol. The van der Waals surface area contributed by atoms with E-state index in [1.54, 1.807) is 19.4 Å². The van der Waals surface area contributed by atoms with E-state index in [0.717, 1.165) is 5.56 Å². The van der Waals surface area contributed by atoms with Crippen LogP contribution in [0.15, 0.2) is 36.4 Å². The molecule has 0 atom stereocenters. The molecular weight excluding hydrogens is 223 g/mol. The Bertz CT molecular complexity index is 278. The van der Waals surface area contributed by atoms with E-state index in [1.165, 1.54) is 0 Å². The van der Waals surface area contributed by atoms with Gasteiger partial charge in [-0.15, -0.1) is 13.0 Å². The van der Waals surface area contributed by atoms with E-state index in [9.17, 15) is 4.79 Å². The van der Waals surface area contributed by atoms with E-state index in [4.69, 9.17) is 0 Å². The fourth-order valence-electron chi connectivity index (χ4n) is 0.839. The number of rotatable bonds is 3. The van der Waals surface area contributed by atoms with Gasteiger partial charge in [-0.25, -0.2) is 0 Å². The number of carbonyl (C=O) groups excluding carboxylic acids is 1. The van der Waals surface area contributed by atoms with Crippen molar-refractivity contribution in [1.82, 2.24) is 0 Å². The molecule has 0 fully saturated rings. The molecule has 0 aliphatic rings. The molecule has 1 aromatic carbocycles. The van der Waals surface area contributed by atoms with Crippen molar-refractivity contribution in [2.75, 3.05) is 0 Å². The summed E-state index contributed by atoms with van der Waals surface area (Å²) in [6.07, 6.45) is 4.91. The largest absolute Gasteiger partial charge is 0.332 e. The topological polar surface area (TPSA) is 17.1 Å². The average Bonchev–Trinajstić information content (AvgIpc) is 2.30. The molecule has 81 valence electrons. The zero-order valence-corrected chi connectivity index (χ0v) is 10.9. The van der Waals surface area contributed by atoms with Gasteiger partial charge in [0.2, 0.25) is 0 Å². The molecule has 0 N–H and O–H groups in total. The molecule has 0 saturated carbocycles. The fourth-order valence-corrected chi connectivity index (χ4v) is 0.839. The van der Waals surface area contributed by atoms with Gasteiger partial charge in [-0.3, -0.25) is 0 Å². The SMILES string of the molecule is CC.C[CH-]C(=O)/C=C/c1ccccc1.[V]. The molecule has 1 nitrogen and oxygen atoms in total. The van der Waals surface area contributed by atoms with Crippen molar-refractivity contribution in [3.05, 3.63) is 48.4 Å². The van der Waals surface area contributed by atoms with Crippen LogP contribution in [0.25, 0.3) is 6.08 Å². The first kappa shape index (κ1) is 16.5. The van der Waals surface area contributed by atoms with Crippen LogP contribution in [-0.2, 0) is 23.4 Å². The fraction of sp³-hybridized carbons (Fsp3) is 0.231. The third kappa shape index (κ3) is 8.10. The van der Waals surface area contributed by atoms with Crippen molar-refractivity contribution < 1.29 is 23.4 Å². The number of carbonyl (C=O) groups is 1. The quantitative estimate of drug-likeness (QED) is 0.583. The van der Waals surface area contributed by atoms with Crippen LogP contribution in [0.4, 0.5) is 0 Å².